The number of benzene rings is 1. The smallest absolute Gasteiger partial charge is 0.406 e. The summed E-state index contributed by atoms with van der Waals surface area (Å²) in [4.78, 5) is 27.0. The summed E-state index contributed by atoms with van der Waals surface area (Å²) in [6, 6.07) is 11.1. The van der Waals surface area contributed by atoms with Crippen molar-refractivity contribution in [2.45, 2.75) is 45.3 Å². The van der Waals surface area contributed by atoms with Crippen LogP contribution in [0.5, 0.6) is 5.75 Å². The van der Waals surface area contributed by atoms with Crippen molar-refractivity contribution in [1.29, 1.82) is 0 Å². The van der Waals surface area contributed by atoms with Gasteiger partial charge in [0.25, 0.3) is 5.91 Å². The molecule has 3 rings (SSSR count). The highest BCUT2D eigenvalue weighted by Gasteiger charge is 2.26. The minimum Gasteiger partial charge on any atom is -0.473 e. The number of hydrogen-bond donors (Lipinski definition) is 1. The average molecular weight is 355 g/mol. The molecule has 0 radical (unpaired) electrons. The van der Waals surface area contributed by atoms with Crippen molar-refractivity contribution in [2.24, 2.45) is 0 Å². The number of carbonyl (C=O) groups is 1. The van der Waals surface area contributed by atoms with Crippen molar-refractivity contribution in [3.05, 3.63) is 63.3 Å². The molecule has 136 valence electrons. The maximum atomic E-state index is 12.5. The molecule has 0 bridgehead atoms. The molecule has 1 amide bonds. The highest BCUT2D eigenvalue weighted by atomic mass is 16.6. The second-order valence-corrected chi connectivity index (χ2v) is 6.44. The number of pyridine rings is 1. The third-order valence-electron chi connectivity index (χ3n) is 4.51. The van der Waals surface area contributed by atoms with Gasteiger partial charge in [-0.3, -0.25) is 4.79 Å². The van der Waals surface area contributed by atoms with E-state index in [4.69, 9.17) is 4.74 Å². The maximum absolute atomic E-state index is 12.5. The van der Waals surface area contributed by atoms with E-state index in [1.54, 1.807) is 19.9 Å². The largest absolute Gasteiger partial charge is 0.473 e. The zero-order valence-electron chi connectivity index (χ0n) is 14.8. The Bertz CT molecular complexity index is 837. The molecule has 1 aliphatic rings. The highest BCUT2D eigenvalue weighted by Crippen LogP contribution is 2.30. The van der Waals surface area contributed by atoms with Crippen LogP contribution in [-0.4, -0.2) is 21.9 Å². The molecular formula is C19H21N3O4. The summed E-state index contributed by atoms with van der Waals surface area (Å²) in [5, 5.41) is 14.1. The Hall–Kier alpha value is -2.96. The number of aromatic nitrogens is 1. The van der Waals surface area contributed by atoms with Gasteiger partial charge in [0.15, 0.2) is 6.10 Å². The van der Waals surface area contributed by atoms with E-state index in [0.717, 1.165) is 24.8 Å². The molecular weight excluding hydrogens is 334 g/mol. The fourth-order valence-corrected chi connectivity index (χ4v) is 3.19. The van der Waals surface area contributed by atoms with Gasteiger partial charge in [0.2, 0.25) is 5.75 Å². The first-order chi connectivity index (χ1) is 12.5. The van der Waals surface area contributed by atoms with Crippen molar-refractivity contribution in [3.8, 4) is 5.75 Å². The predicted molar refractivity (Wildman–Crippen MR) is 96.0 cm³/mol. The van der Waals surface area contributed by atoms with Crippen molar-refractivity contribution in [1.82, 2.24) is 10.3 Å². The van der Waals surface area contributed by atoms with Gasteiger partial charge in [0.05, 0.1) is 6.04 Å². The molecule has 2 aromatic rings. The van der Waals surface area contributed by atoms with Crippen LogP contribution in [0.15, 0.2) is 36.4 Å². The van der Waals surface area contributed by atoms with E-state index in [-0.39, 0.29) is 23.5 Å². The summed E-state index contributed by atoms with van der Waals surface area (Å²) in [6.45, 7) is 3.24. The van der Waals surface area contributed by atoms with E-state index >= 15 is 0 Å². The van der Waals surface area contributed by atoms with Gasteiger partial charge in [-0.1, -0.05) is 24.3 Å². The lowest BCUT2D eigenvalue weighted by Gasteiger charge is -2.27. The first-order valence-corrected chi connectivity index (χ1v) is 8.62. The summed E-state index contributed by atoms with van der Waals surface area (Å²) in [7, 11) is 0. The van der Waals surface area contributed by atoms with E-state index in [1.165, 1.54) is 11.6 Å². The van der Waals surface area contributed by atoms with Gasteiger partial charge in [-0.25, -0.2) is 0 Å². The number of ether oxygens (including phenoxy) is 1. The fraction of sp³-hybridized carbons (Fsp3) is 0.368. The van der Waals surface area contributed by atoms with Gasteiger partial charge in [-0.15, -0.1) is 0 Å². The van der Waals surface area contributed by atoms with Crippen molar-refractivity contribution >= 4 is 11.7 Å². The lowest BCUT2D eigenvalue weighted by atomic mass is 9.87. The van der Waals surface area contributed by atoms with E-state index in [2.05, 4.69) is 16.4 Å². The number of carbonyl (C=O) groups excluding carboxylic acids is 1. The molecule has 2 atom stereocenters. The number of aryl methyl sites for hydroxylation is 2. The number of amides is 1. The Balaban J connectivity index is 1.71. The van der Waals surface area contributed by atoms with Crippen LogP contribution >= 0.6 is 0 Å². The molecule has 1 aliphatic carbocycles. The predicted octanol–water partition coefficient (Wildman–Crippen LogP) is 3.26. The zero-order valence-corrected chi connectivity index (χ0v) is 14.8. The third-order valence-corrected chi connectivity index (χ3v) is 4.51. The lowest BCUT2D eigenvalue weighted by Crippen LogP contribution is -2.39. The van der Waals surface area contributed by atoms with Crippen molar-refractivity contribution in [3.63, 3.8) is 0 Å². The SMILES string of the molecule is Cc1ccc(O[C@@H](C)C(=O)N[C@@H]2CCCc3ccccc32)c([N+](=O)[O-])n1. The van der Waals surface area contributed by atoms with E-state index in [1.807, 2.05) is 18.2 Å². The molecule has 1 N–H and O–H groups in total. The van der Waals surface area contributed by atoms with Gasteiger partial charge in [0, 0.05) is 6.92 Å². The molecule has 1 aromatic carbocycles. The fourth-order valence-electron chi connectivity index (χ4n) is 3.19. The molecule has 7 nitrogen and oxygen atoms in total. The quantitative estimate of drug-likeness (QED) is 0.656. The summed E-state index contributed by atoms with van der Waals surface area (Å²) in [6.07, 6.45) is 2.01. The van der Waals surface area contributed by atoms with Gasteiger partial charge >= 0.3 is 5.82 Å². The van der Waals surface area contributed by atoms with Crippen molar-refractivity contribution in [2.75, 3.05) is 0 Å². The number of hydrogen-bond acceptors (Lipinski definition) is 5. The van der Waals surface area contributed by atoms with E-state index in [0.29, 0.717) is 5.69 Å². The summed E-state index contributed by atoms with van der Waals surface area (Å²) < 4.78 is 5.54. The van der Waals surface area contributed by atoms with Crippen LogP contribution in [0.25, 0.3) is 0 Å². The molecule has 0 aliphatic heterocycles. The molecule has 1 heterocycles. The highest BCUT2D eigenvalue weighted by molar-refractivity contribution is 5.81. The summed E-state index contributed by atoms with van der Waals surface area (Å²) >= 11 is 0. The third kappa shape index (κ3) is 3.82. The Morgan fingerprint density at radius 3 is 2.88 bits per heavy atom. The Morgan fingerprint density at radius 1 is 1.35 bits per heavy atom. The van der Waals surface area contributed by atoms with Crippen LogP contribution in [0.1, 0.15) is 42.6 Å². The first kappa shape index (κ1) is 17.8. The van der Waals surface area contributed by atoms with Gasteiger partial charge in [-0.2, -0.15) is 0 Å². The Kier molecular flexibility index (Phi) is 5.16. The minimum atomic E-state index is -0.868. The van der Waals surface area contributed by atoms with Crippen LogP contribution < -0.4 is 10.1 Å². The van der Waals surface area contributed by atoms with E-state index in [9.17, 15) is 14.9 Å². The second-order valence-electron chi connectivity index (χ2n) is 6.44. The number of rotatable bonds is 5. The standard InChI is InChI=1S/C19H21N3O4/c1-12-10-11-17(18(20-12)22(24)25)26-13(2)19(23)21-16-9-5-7-14-6-3-4-8-15(14)16/h3-4,6,8,10-11,13,16H,5,7,9H2,1-2H3,(H,21,23)/t13-,16+/m0/s1. The molecule has 0 spiro atoms. The average Bonchev–Trinajstić information content (AvgIpc) is 2.63. The van der Waals surface area contributed by atoms with Crippen molar-refractivity contribution < 1.29 is 14.5 Å². The molecule has 1 aromatic heterocycles. The van der Waals surface area contributed by atoms with Crippen LogP contribution in [0.4, 0.5) is 5.82 Å². The molecule has 0 saturated heterocycles. The Labute approximate surface area is 151 Å². The maximum Gasteiger partial charge on any atom is 0.406 e. The van der Waals surface area contributed by atoms with Gasteiger partial charge in [-0.05, 0) is 59.4 Å². The number of nitrogens with zero attached hydrogens (tertiary/aromatic N) is 2. The number of nitrogens with one attached hydrogen (secondary N) is 1. The molecule has 26 heavy (non-hydrogen) atoms. The molecule has 0 saturated carbocycles. The minimum absolute atomic E-state index is 0.00713. The lowest BCUT2D eigenvalue weighted by molar-refractivity contribution is -0.390. The van der Waals surface area contributed by atoms with Crippen LogP contribution in [0.2, 0.25) is 0 Å². The monoisotopic (exact) mass is 355 g/mol. The second kappa shape index (κ2) is 7.51. The summed E-state index contributed by atoms with van der Waals surface area (Å²) in [5.41, 5.74) is 2.89. The molecule has 7 heteroatoms. The van der Waals surface area contributed by atoms with E-state index < -0.39 is 11.0 Å². The molecule has 0 unspecified atom stereocenters. The van der Waals surface area contributed by atoms with Crippen LogP contribution in [0.3, 0.4) is 0 Å². The normalized spacial score (nSPS) is 17.1. The topological polar surface area (TPSA) is 94.4 Å². The first-order valence-electron chi connectivity index (χ1n) is 8.62. The zero-order chi connectivity index (χ0) is 18.7. The summed E-state index contributed by atoms with van der Waals surface area (Å²) in [5.74, 6) is -0.693. The van der Waals surface area contributed by atoms with Gasteiger partial charge in [0.1, 0.15) is 5.69 Å². The molecule has 0 fully saturated rings. The number of nitro groups is 1. The van der Waals surface area contributed by atoms with Crippen LogP contribution in [-0.2, 0) is 11.2 Å². The Morgan fingerprint density at radius 2 is 2.12 bits per heavy atom. The number of fused-ring (bicyclic) bond motifs is 1. The van der Waals surface area contributed by atoms with Gasteiger partial charge < -0.3 is 20.2 Å². The van der Waals surface area contributed by atoms with Crippen LogP contribution in [0, 0.1) is 17.0 Å².